The Balaban J connectivity index is 2.00. The van der Waals surface area contributed by atoms with E-state index >= 15 is 0 Å². The van der Waals surface area contributed by atoms with E-state index < -0.39 is 17.5 Å². The van der Waals surface area contributed by atoms with Crippen LogP contribution in [0, 0.1) is 22.9 Å². The van der Waals surface area contributed by atoms with E-state index in [9.17, 15) is 13.2 Å². The Bertz CT molecular complexity index is 392. The Hall–Kier alpha value is -1.03. The molecule has 88 valence electrons. The van der Waals surface area contributed by atoms with Crippen molar-refractivity contribution in [3.63, 3.8) is 0 Å². The van der Waals surface area contributed by atoms with E-state index in [2.05, 4.69) is 19.2 Å². The fourth-order valence-corrected chi connectivity index (χ4v) is 1.77. The molecule has 0 radical (unpaired) electrons. The zero-order chi connectivity index (χ0) is 11.9. The zero-order valence-electron chi connectivity index (χ0n) is 9.28. The van der Waals surface area contributed by atoms with Crippen LogP contribution in [-0.2, 0) is 6.54 Å². The van der Waals surface area contributed by atoms with Gasteiger partial charge in [-0.3, -0.25) is 0 Å². The van der Waals surface area contributed by atoms with E-state index in [1.165, 1.54) is 0 Å². The first-order valence-corrected chi connectivity index (χ1v) is 5.27. The van der Waals surface area contributed by atoms with Crippen LogP contribution in [0.25, 0.3) is 0 Å². The van der Waals surface area contributed by atoms with Gasteiger partial charge in [-0.25, -0.2) is 13.2 Å². The summed E-state index contributed by atoms with van der Waals surface area (Å²) in [5.41, 5.74) is 0.691. The molecule has 0 aromatic heterocycles. The third kappa shape index (κ3) is 2.21. The van der Waals surface area contributed by atoms with Crippen LogP contribution >= 0.6 is 0 Å². The second kappa shape index (κ2) is 3.77. The van der Waals surface area contributed by atoms with E-state index in [4.69, 9.17) is 0 Å². The Morgan fingerprint density at radius 3 is 2.19 bits per heavy atom. The summed E-state index contributed by atoms with van der Waals surface area (Å²) in [7, 11) is 0. The third-order valence-electron chi connectivity index (χ3n) is 3.11. The van der Waals surface area contributed by atoms with E-state index in [0.717, 1.165) is 18.6 Å². The molecule has 1 aliphatic carbocycles. The summed E-state index contributed by atoms with van der Waals surface area (Å²) in [4.78, 5) is 0. The van der Waals surface area contributed by atoms with Crippen LogP contribution in [0.4, 0.5) is 13.2 Å². The van der Waals surface area contributed by atoms with Crippen molar-refractivity contribution in [2.24, 2.45) is 5.41 Å². The molecule has 0 saturated heterocycles. The molecule has 16 heavy (non-hydrogen) atoms. The number of nitrogens with one attached hydrogen (secondary N) is 1. The van der Waals surface area contributed by atoms with Crippen molar-refractivity contribution in [1.29, 1.82) is 0 Å². The molecular weight excluding hydrogens is 215 g/mol. The number of benzene rings is 1. The van der Waals surface area contributed by atoms with Gasteiger partial charge in [-0.15, -0.1) is 0 Å². The summed E-state index contributed by atoms with van der Waals surface area (Å²) < 4.78 is 38.5. The van der Waals surface area contributed by atoms with E-state index in [0.29, 0.717) is 18.2 Å². The number of halogens is 3. The smallest absolute Gasteiger partial charge is 0.194 e. The predicted octanol–water partition coefficient (Wildman–Crippen LogP) is 2.99. The fourth-order valence-electron chi connectivity index (χ4n) is 1.77. The molecule has 1 aliphatic rings. The summed E-state index contributed by atoms with van der Waals surface area (Å²) in [5, 5.41) is 3.18. The number of hydrogen-bond donors (Lipinski definition) is 1. The molecule has 0 spiro atoms. The molecule has 1 N–H and O–H groups in total. The lowest BCUT2D eigenvalue weighted by Crippen LogP contribution is -2.20. The molecule has 0 amide bonds. The molecule has 1 fully saturated rings. The topological polar surface area (TPSA) is 12.0 Å². The van der Waals surface area contributed by atoms with Gasteiger partial charge >= 0.3 is 0 Å². The average molecular weight is 229 g/mol. The molecule has 1 aromatic carbocycles. The van der Waals surface area contributed by atoms with Crippen molar-refractivity contribution in [3.05, 3.63) is 35.1 Å². The number of rotatable bonds is 3. The summed E-state index contributed by atoms with van der Waals surface area (Å²) in [5.74, 6) is -3.67. The van der Waals surface area contributed by atoms with Gasteiger partial charge in [-0.2, -0.15) is 0 Å². The van der Waals surface area contributed by atoms with E-state index in [1.807, 2.05) is 0 Å². The van der Waals surface area contributed by atoms with Crippen LogP contribution in [0.1, 0.15) is 25.8 Å². The molecule has 0 aliphatic heterocycles. The molecule has 0 heterocycles. The maximum atomic E-state index is 12.9. The highest BCUT2D eigenvalue weighted by Gasteiger charge is 2.44. The first-order chi connectivity index (χ1) is 7.40. The minimum Gasteiger partial charge on any atom is -0.309 e. The molecule has 1 atom stereocenters. The van der Waals surface area contributed by atoms with Crippen LogP contribution in [0.3, 0.4) is 0 Å². The largest absolute Gasteiger partial charge is 0.309 e. The van der Waals surface area contributed by atoms with Gasteiger partial charge in [-0.1, -0.05) is 13.8 Å². The van der Waals surface area contributed by atoms with Crippen molar-refractivity contribution < 1.29 is 13.2 Å². The summed E-state index contributed by atoms with van der Waals surface area (Å²) in [6.45, 7) is 4.61. The van der Waals surface area contributed by atoms with Gasteiger partial charge in [0, 0.05) is 12.6 Å². The van der Waals surface area contributed by atoms with Crippen molar-refractivity contribution in [2.45, 2.75) is 32.9 Å². The Kier molecular flexibility index (Phi) is 2.70. The van der Waals surface area contributed by atoms with Crippen LogP contribution in [-0.4, -0.2) is 6.04 Å². The van der Waals surface area contributed by atoms with Crippen LogP contribution < -0.4 is 5.32 Å². The molecule has 1 unspecified atom stereocenters. The maximum absolute atomic E-state index is 12.9. The van der Waals surface area contributed by atoms with Gasteiger partial charge in [-0.05, 0) is 29.5 Å². The highest BCUT2D eigenvalue weighted by Crippen LogP contribution is 2.44. The maximum Gasteiger partial charge on any atom is 0.194 e. The second-order valence-corrected chi connectivity index (χ2v) is 5.00. The Morgan fingerprint density at radius 2 is 1.75 bits per heavy atom. The van der Waals surface area contributed by atoms with Crippen molar-refractivity contribution in [1.82, 2.24) is 5.32 Å². The molecule has 1 saturated carbocycles. The highest BCUT2D eigenvalue weighted by atomic mass is 19.2. The first-order valence-electron chi connectivity index (χ1n) is 5.27. The average Bonchev–Trinajstić information content (AvgIpc) is 2.80. The normalized spacial score (nSPS) is 22.2. The van der Waals surface area contributed by atoms with E-state index in [1.54, 1.807) is 0 Å². The minimum atomic E-state index is -1.41. The fraction of sp³-hybridized carbons (Fsp3) is 0.500. The van der Waals surface area contributed by atoms with Gasteiger partial charge in [0.15, 0.2) is 17.5 Å². The third-order valence-corrected chi connectivity index (χ3v) is 3.11. The zero-order valence-corrected chi connectivity index (χ0v) is 9.28. The molecule has 0 bridgehead atoms. The Morgan fingerprint density at radius 1 is 1.25 bits per heavy atom. The quantitative estimate of drug-likeness (QED) is 0.786. The highest BCUT2D eigenvalue weighted by molar-refractivity contribution is 5.20. The first kappa shape index (κ1) is 11.5. The van der Waals surface area contributed by atoms with Crippen LogP contribution in [0.5, 0.6) is 0 Å². The van der Waals surface area contributed by atoms with Gasteiger partial charge in [0.25, 0.3) is 0 Å². The predicted molar refractivity (Wildman–Crippen MR) is 55.3 cm³/mol. The van der Waals surface area contributed by atoms with Crippen molar-refractivity contribution in [2.75, 3.05) is 0 Å². The monoisotopic (exact) mass is 229 g/mol. The van der Waals surface area contributed by atoms with Crippen LogP contribution in [0.2, 0.25) is 0 Å². The Labute approximate surface area is 92.7 Å². The lowest BCUT2D eigenvalue weighted by molar-refractivity contribution is 0.443. The minimum absolute atomic E-state index is 0.261. The van der Waals surface area contributed by atoms with Crippen LogP contribution in [0.15, 0.2) is 12.1 Å². The molecule has 4 heteroatoms. The summed E-state index contributed by atoms with van der Waals surface area (Å²) in [6.07, 6.45) is 1.05. The lowest BCUT2D eigenvalue weighted by atomic mass is 10.1. The van der Waals surface area contributed by atoms with Gasteiger partial charge in [0.1, 0.15) is 0 Å². The molecule has 2 rings (SSSR count). The van der Waals surface area contributed by atoms with Crippen molar-refractivity contribution >= 4 is 0 Å². The molecule has 1 nitrogen and oxygen atoms in total. The standard InChI is InChI=1S/C12H14F3N/c1-12(2)5-10(12)16-6-7-3-8(13)11(15)9(14)4-7/h3-4,10,16H,5-6H2,1-2H3. The van der Waals surface area contributed by atoms with Gasteiger partial charge < -0.3 is 5.32 Å². The molecular formula is C12H14F3N. The van der Waals surface area contributed by atoms with Gasteiger partial charge in [0.05, 0.1) is 0 Å². The number of hydrogen-bond acceptors (Lipinski definition) is 1. The summed E-state index contributed by atoms with van der Waals surface area (Å²) in [6, 6.07) is 2.44. The second-order valence-electron chi connectivity index (χ2n) is 5.00. The summed E-state index contributed by atoms with van der Waals surface area (Å²) >= 11 is 0. The lowest BCUT2D eigenvalue weighted by Gasteiger charge is -2.07. The molecule has 1 aromatic rings. The van der Waals surface area contributed by atoms with Gasteiger partial charge in [0.2, 0.25) is 0 Å². The van der Waals surface area contributed by atoms with E-state index in [-0.39, 0.29) is 5.41 Å². The van der Waals surface area contributed by atoms with Crippen molar-refractivity contribution in [3.8, 4) is 0 Å². The SMILES string of the molecule is CC1(C)CC1NCc1cc(F)c(F)c(F)c1.